The van der Waals surface area contributed by atoms with Crippen LogP contribution in [0.3, 0.4) is 0 Å². The molecule has 0 aliphatic heterocycles. The van der Waals surface area contributed by atoms with Crippen LogP contribution >= 0.6 is 0 Å². The summed E-state index contributed by atoms with van der Waals surface area (Å²) in [5.41, 5.74) is 14.6. The van der Waals surface area contributed by atoms with E-state index in [0.29, 0.717) is 0 Å². The molecule has 10 aromatic carbocycles. The van der Waals surface area contributed by atoms with Gasteiger partial charge in [0.25, 0.3) is 0 Å². The summed E-state index contributed by atoms with van der Waals surface area (Å²) >= 11 is 0. The van der Waals surface area contributed by atoms with Gasteiger partial charge in [0.05, 0.1) is 0 Å². The minimum atomic E-state index is -0.0582. The van der Waals surface area contributed by atoms with Crippen molar-refractivity contribution in [1.29, 1.82) is 0 Å². The van der Waals surface area contributed by atoms with Crippen LogP contribution in [-0.2, 0) is 5.41 Å². The van der Waals surface area contributed by atoms with Gasteiger partial charge in [-0.05, 0) is 129 Å². The number of hydrogen-bond acceptors (Lipinski definition) is 1. The second-order valence-electron chi connectivity index (χ2n) is 16.0. The Kier molecular flexibility index (Phi) is 6.46. The average molecular weight is 713 g/mol. The molecule has 0 N–H and O–H groups in total. The van der Waals surface area contributed by atoms with Gasteiger partial charge in [0.1, 0.15) is 11.2 Å². The molecule has 0 bridgehead atoms. The van der Waals surface area contributed by atoms with Crippen LogP contribution in [0.25, 0.3) is 110 Å². The highest BCUT2D eigenvalue weighted by Crippen LogP contribution is 2.51. The van der Waals surface area contributed by atoms with Crippen LogP contribution in [0.4, 0.5) is 0 Å². The van der Waals surface area contributed by atoms with Gasteiger partial charge in [0.15, 0.2) is 0 Å². The predicted octanol–water partition coefficient (Wildman–Crippen LogP) is 15.5. The lowest BCUT2D eigenvalue weighted by molar-refractivity contribution is 0.658. The number of fused-ring (bicyclic) bond motifs is 10. The molecule has 0 amide bonds. The third-order valence-corrected chi connectivity index (χ3v) is 12.6. The van der Waals surface area contributed by atoms with Crippen LogP contribution < -0.4 is 0 Å². The first-order valence-electron chi connectivity index (χ1n) is 19.6. The smallest absolute Gasteiger partial charge is 0.136 e. The predicted molar refractivity (Wildman–Crippen MR) is 238 cm³/mol. The summed E-state index contributed by atoms with van der Waals surface area (Å²) in [7, 11) is 0. The van der Waals surface area contributed by atoms with Crippen LogP contribution in [0.5, 0.6) is 0 Å². The van der Waals surface area contributed by atoms with E-state index in [1.54, 1.807) is 0 Å². The molecule has 0 spiro atoms. The van der Waals surface area contributed by atoms with Crippen molar-refractivity contribution in [3.63, 3.8) is 0 Å². The second-order valence-corrected chi connectivity index (χ2v) is 16.0. The van der Waals surface area contributed by atoms with Crippen molar-refractivity contribution >= 4 is 65.0 Å². The third-order valence-electron chi connectivity index (χ3n) is 12.6. The first kappa shape index (κ1) is 31.4. The molecule has 11 aromatic rings. The fourth-order valence-corrected chi connectivity index (χ4v) is 9.89. The highest BCUT2D eigenvalue weighted by molar-refractivity contribution is 6.23. The molecular formula is C55H36O. The van der Waals surface area contributed by atoms with Crippen LogP contribution in [-0.4, -0.2) is 0 Å². The van der Waals surface area contributed by atoms with Crippen molar-refractivity contribution in [3.05, 3.63) is 193 Å². The lowest BCUT2D eigenvalue weighted by atomic mass is 9.82. The summed E-state index contributed by atoms with van der Waals surface area (Å²) in [5.74, 6) is 0. The summed E-state index contributed by atoms with van der Waals surface area (Å²) in [6.07, 6.45) is 0. The lowest BCUT2D eigenvalue weighted by Crippen LogP contribution is -2.14. The van der Waals surface area contributed by atoms with Gasteiger partial charge in [-0.3, -0.25) is 0 Å². The molecule has 0 unspecified atom stereocenters. The largest absolute Gasteiger partial charge is 0.456 e. The van der Waals surface area contributed by atoms with E-state index in [0.717, 1.165) is 11.2 Å². The lowest BCUT2D eigenvalue weighted by Gasteiger charge is -2.21. The van der Waals surface area contributed by atoms with Crippen molar-refractivity contribution in [2.75, 3.05) is 0 Å². The maximum atomic E-state index is 6.55. The van der Waals surface area contributed by atoms with Gasteiger partial charge in [-0.1, -0.05) is 166 Å². The highest BCUT2D eigenvalue weighted by Gasteiger charge is 2.36. The number of furan rings is 1. The van der Waals surface area contributed by atoms with Crippen molar-refractivity contribution in [2.45, 2.75) is 19.3 Å². The Morgan fingerprint density at radius 3 is 1.66 bits per heavy atom. The topological polar surface area (TPSA) is 13.1 Å². The molecule has 0 saturated carbocycles. The van der Waals surface area contributed by atoms with E-state index in [-0.39, 0.29) is 5.41 Å². The fourth-order valence-electron chi connectivity index (χ4n) is 9.89. The summed E-state index contributed by atoms with van der Waals surface area (Å²) in [6, 6.07) is 67.2. The van der Waals surface area contributed by atoms with Crippen molar-refractivity contribution in [3.8, 4) is 44.5 Å². The van der Waals surface area contributed by atoms with Crippen LogP contribution in [0.1, 0.15) is 25.0 Å². The molecule has 1 heteroatoms. The van der Waals surface area contributed by atoms with E-state index < -0.39 is 0 Å². The van der Waals surface area contributed by atoms with Gasteiger partial charge in [-0.2, -0.15) is 0 Å². The molecular weight excluding hydrogens is 677 g/mol. The van der Waals surface area contributed by atoms with E-state index in [4.69, 9.17) is 4.42 Å². The molecule has 0 radical (unpaired) electrons. The number of hydrogen-bond donors (Lipinski definition) is 0. The zero-order valence-electron chi connectivity index (χ0n) is 31.2. The van der Waals surface area contributed by atoms with E-state index in [1.165, 1.54) is 109 Å². The fraction of sp³-hybridized carbons (Fsp3) is 0.0545. The average Bonchev–Trinajstić information content (AvgIpc) is 3.70. The van der Waals surface area contributed by atoms with Crippen molar-refractivity contribution < 1.29 is 4.42 Å². The standard InChI is InChI=1S/C55H36O/c1-55(2)49-21-10-9-15-40(49)46-32-52-48(31-50(46)55)47-29-38-28-36(26-27-37(38)30-51(47)56-52)33-22-24-35(25-23-33)53-42-16-5-7-18-44(42)54(45-19-8-6-17-43(45)53)41-20-11-13-34-12-3-4-14-39(34)41/h3-32H,1-2H3. The van der Waals surface area contributed by atoms with E-state index >= 15 is 0 Å². The van der Waals surface area contributed by atoms with Crippen molar-refractivity contribution in [1.82, 2.24) is 0 Å². The molecule has 0 atom stereocenters. The van der Waals surface area contributed by atoms with E-state index in [2.05, 4.69) is 196 Å². The first-order chi connectivity index (χ1) is 27.5. The molecule has 1 heterocycles. The molecule has 56 heavy (non-hydrogen) atoms. The van der Waals surface area contributed by atoms with Gasteiger partial charge in [0, 0.05) is 16.2 Å². The summed E-state index contributed by atoms with van der Waals surface area (Å²) in [5, 5.41) is 12.3. The minimum absolute atomic E-state index is 0.0582. The first-order valence-corrected chi connectivity index (χ1v) is 19.6. The molecule has 1 aliphatic rings. The van der Waals surface area contributed by atoms with Gasteiger partial charge >= 0.3 is 0 Å². The molecule has 262 valence electrons. The number of rotatable bonds is 3. The van der Waals surface area contributed by atoms with Crippen LogP contribution in [0.2, 0.25) is 0 Å². The van der Waals surface area contributed by atoms with Gasteiger partial charge in [-0.15, -0.1) is 0 Å². The monoisotopic (exact) mass is 712 g/mol. The zero-order valence-corrected chi connectivity index (χ0v) is 31.2. The number of benzene rings is 10. The molecule has 1 aromatic heterocycles. The molecule has 1 nitrogen and oxygen atoms in total. The van der Waals surface area contributed by atoms with Gasteiger partial charge in [0.2, 0.25) is 0 Å². The Morgan fingerprint density at radius 1 is 0.321 bits per heavy atom. The second kappa shape index (κ2) is 11.5. The third kappa shape index (κ3) is 4.43. The SMILES string of the molecule is CC1(C)c2ccccc2-c2cc3oc4cc5ccc(-c6ccc(-c7c8ccccc8c(-c8cccc9ccccc89)c8ccccc78)cc6)cc5cc4c3cc21. The Balaban J connectivity index is 0.974. The zero-order chi connectivity index (χ0) is 37.1. The Hall–Kier alpha value is -6.96. The quantitative estimate of drug-likeness (QED) is 0.166. The van der Waals surface area contributed by atoms with Crippen LogP contribution in [0, 0.1) is 0 Å². The normalized spacial score (nSPS) is 13.3. The summed E-state index contributed by atoms with van der Waals surface area (Å²) < 4.78 is 6.55. The molecule has 0 fully saturated rings. The maximum Gasteiger partial charge on any atom is 0.136 e. The van der Waals surface area contributed by atoms with Crippen molar-refractivity contribution in [2.24, 2.45) is 0 Å². The summed E-state index contributed by atoms with van der Waals surface area (Å²) in [4.78, 5) is 0. The Morgan fingerprint density at radius 2 is 0.893 bits per heavy atom. The Labute approximate surface area is 325 Å². The van der Waals surface area contributed by atoms with E-state index in [1.807, 2.05) is 0 Å². The molecule has 0 saturated heterocycles. The summed E-state index contributed by atoms with van der Waals surface area (Å²) in [6.45, 7) is 4.68. The van der Waals surface area contributed by atoms with Crippen LogP contribution in [0.15, 0.2) is 186 Å². The highest BCUT2D eigenvalue weighted by atomic mass is 16.3. The molecule has 12 rings (SSSR count). The van der Waals surface area contributed by atoms with E-state index in [9.17, 15) is 0 Å². The Bertz CT molecular complexity index is 3370. The van der Waals surface area contributed by atoms with Gasteiger partial charge in [-0.25, -0.2) is 0 Å². The minimum Gasteiger partial charge on any atom is -0.456 e. The molecule has 1 aliphatic carbocycles. The van der Waals surface area contributed by atoms with Gasteiger partial charge < -0.3 is 4.42 Å². The maximum absolute atomic E-state index is 6.55.